The van der Waals surface area contributed by atoms with E-state index in [4.69, 9.17) is 4.74 Å². The Morgan fingerprint density at radius 3 is 2.26 bits per heavy atom. The molecule has 0 aromatic carbocycles. The van der Waals surface area contributed by atoms with E-state index in [9.17, 15) is 9.59 Å². The van der Waals surface area contributed by atoms with Gasteiger partial charge in [-0.25, -0.2) is 4.90 Å². The zero-order chi connectivity index (χ0) is 13.0. The number of hydrogen-bond donors (Lipinski definition) is 1. The molecule has 2 bridgehead atoms. The van der Waals surface area contributed by atoms with Crippen molar-refractivity contribution in [3.8, 4) is 0 Å². The fourth-order valence-corrected chi connectivity index (χ4v) is 4.16. The molecule has 4 unspecified atom stereocenters. The van der Waals surface area contributed by atoms with Crippen molar-refractivity contribution in [3.05, 3.63) is 12.2 Å². The molecule has 0 aromatic rings. The lowest BCUT2D eigenvalue weighted by atomic mass is 9.85. The van der Waals surface area contributed by atoms with E-state index in [1.54, 1.807) is 0 Å². The second-order valence-corrected chi connectivity index (χ2v) is 6.12. The van der Waals surface area contributed by atoms with Crippen LogP contribution in [0.2, 0.25) is 0 Å². The smallest absolute Gasteiger partial charge is 0.238 e. The van der Waals surface area contributed by atoms with E-state index in [1.165, 1.54) is 9.80 Å². The highest BCUT2D eigenvalue weighted by atomic mass is 16.5. The predicted molar refractivity (Wildman–Crippen MR) is 66.0 cm³/mol. The highest BCUT2D eigenvalue weighted by Crippen LogP contribution is 2.52. The summed E-state index contributed by atoms with van der Waals surface area (Å²) < 4.78 is 5.32. The molecule has 2 heterocycles. The van der Waals surface area contributed by atoms with Crippen LogP contribution in [-0.4, -0.2) is 49.7 Å². The summed E-state index contributed by atoms with van der Waals surface area (Å²) in [6.07, 6.45) is 5.29. The minimum absolute atomic E-state index is 0.0528. The van der Waals surface area contributed by atoms with E-state index < -0.39 is 0 Å². The van der Waals surface area contributed by atoms with Crippen LogP contribution in [0.5, 0.6) is 0 Å². The second kappa shape index (κ2) is 4.15. The molecule has 0 spiro atoms. The number of nitrogens with zero attached hydrogens (tertiary/aromatic N) is 1. The summed E-state index contributed by atoms with van der Waals surface area (Å²) in [6, 6.07) is 0. The second-order valence-electron chi connectivity index (χ2n) is 6.12. The summed E-state index contributed by atoms with van der Waals surface area (Å²) in [4.78, 5) is 27.8. The van der Waals surface area contributed by atoms with Gasteiger partial charge >= 0.3 is 0 Å². The van der Waals surface area contributed by atoms with Crippen molar-refractivity contribution in [2.45, 2.75) is 6.42 Å². The van der Waals surface area contributed by atoms with Crippen LogP contribution in [0.15, 0.2) is 12.2 Å². The van der Waals surface area contributed by atoms with E-state index in [-0.39, 0.29) is 23.7 Å². The third-order valence-electron chi connectivity index (χ3n) is 5.14. The van der Waals surface area contributed by atoms with Crippen LogP contribution in [0.25, 0.3) is 0 Å². The number of imide groups is 1. The van der Waals surface area contributed by atoms with Gasteiger partial charge in [0.15, 0.2) is 6.67 Å². The van der Waals surface area contributed by atoms with Crippen molar-refractivity contribution in [1.29, 1.82) is 0 Å². The normalized spacial score (nSPS) is 41.4. The summed E-state index contributed by atoms with van der Waals surface area (Å²) in [5.74, 6) is 0.676. The average molecular weight is 263 g/mol. The van der Waals surface area contributed by atoms with Gasteiger partial charge in [-0.3, -0.25) is 9.59 Å². The maximum absolute atomic E-state index is 12.5. The molecule has 2 amide bonds. The zero-order valence-electron chi connectivity index (χ0n) is 10.9. The van der Waals surface area contributed by atoms with Gasteiger partial charge in [-0.15, -0.1) is 0 Å². The summed E-state index contributed by atoms with van der Waals surface area (Å²) in [5.41, 5.74) is 0. The molecule has 3 fully saturated rings. The van der Waals surface area contributed by atoms with E-state index in [2.05, 4.69) is 12.2 Å². The summed E-state index contributed by atoms with van der Waals surface area (Å²) >= 11 is 0. The Hall–Kier alpha value is -1.20. The maximum atomic E-state index is 12.5. The Bertz CT molecular complexity index is 426. The van der Waals surface area contributed by atoms with Crippen molar-refractivity contribution in [2.24, 2.45) is 23.7 Å². The molecule has 4 aliphatic rings. The molecule has 4 atom stereocenters. The monoisotopic (exact) mass is 263 g/mol. The van der Waals surface area contributed by atoms with Crippen molar-refractivity contribution >= 4 is 11.8 Å². The van der Waals surface area contributed by atoms with E-state index in [0.29, 0.717) is 18.5 Å². The standard InChI is InChI=1S/C14H18N2O3/c17-13-11-9-1-2-10(7-9)12(11)14(18)16(13)8-15-3-5-19-6-4-15/h1-2,9-12H,3-8H2/p+1. The average Bonchev–Trinajstić information content (AvgIpc) is 3.10. The quantitative estimate of drug-likeness (QED) is 0.496. The number of rotatable bonds is 2. The molecule has 0 radical (unpaired) electrons. The van der Waals surface area contributed by atoms with Crippen LogP contribution in [0.3, 0.4) is 0 Å². The number of carbonyl (C=O) groups is 2. The fourth-order valence-electron chi connectivity index (χ4n) is 4.16. The van der Waals surface area contributed by atoms with Gasteiger partial charge in [0.05, 0.1) is 25.0 Å². The Kier molecular flexibility index (Phi) is 2.53. The number of amides is 2. The van der Waals surface area contributed by atoms with Crippen molar-refractivity contribution in [2.75, 3.05) is 33.0 Å². The predicted octanol–water partition coefficient (Wildman–Crippen LogP) is -1.33. The Labute approximate surface area is 112 Å². The molecule has 19 heavy (non-hydrogen) atoms. The lowest BCUT2D eigenvalue weighted by molar-refractivity contribution is -0.915. The Morgan fingerprint density at radius 1 is 1.11 bits per heavy atom. The first-order valence-electron chi connectivity index (χ1n) is 7.20. The first-order chi connectivity index (χ1) is 9.25. The molecule has 102 valence electrons. The number of hydrogen-bond acceptors (Lipinski definition) is 3. The number of fused-ring (bicyclic) bond motifs is 5. The number of morpholine rings is 1. The minimum Gasteiger partial charge on any atom is -0.370 e. The first kappa shape index (κ1) is 11.6. The van der Waals surface area contributed by atoms with Crippen LogP contribution in [-0.2, 0) is 14.3 Å². The van der Waals surface area contributed by atoms with E-state index >= 15 is 0 Å². The number of carbonyl (C=O) groups excluding carboxylic acids is 2. The fraction of sp³-hybridized carbons (Fsp3) is 0.714. The van der Waals surface area contributed by atoms with Gasteiger partial charge in [-0.2, -0.15) is 0 Å². The van der Waals surface area contributed by atoms with Crippen LogP contribution in [0.4, 0.5) is 0 Å². The molecule has 4 rings (SSSR count). The highest BCUT2D eigenvalue weighted by Gasteiger charge is 2.59. The van der Waals surface area contributed by atoms with Gasteiger partial charge in [0.25, 0.3) is 0 Å². The van der Waals surface area contributed by atoms with Crippen LogP contribution in [0.1, 0.15) is 6.42 Å². The minimum atomic E-state index is -0.0528. The van der Waals surface area contributed by atoms with Crippen LogP contribution >= 0.6 is 0 Å². The molecule has 2 aliphatic heterocycles. The topological polar surface area (TPSA) is 51.0 Å². The zero-order valence-corrected chi connectivity index (χ0v) is 10.9. The molecule has 1 saturated carbocycles. The third-order valence-corrected chi connectivity index (χ3v) is 5.14. The van der Waals surface area contributed by atoms with E-state index in [1.807, 2.05) is 0 Å². The molecular formula is C14H19N2O3+. The molecule has 5 nitrogen and oxygen atoms in total. The highest BCUT2D eigenvalue weighted by molar-refractivity contribution is 6.06. The van der Waals surface area contributed by atoms with Gasteiger partial charge in [-0.05, 0) is 18.3 Å². The maximum Gasteiger partial charge on any atom is 0.238 e. The lowest BCUT2D eigenvalue weighted by Crippen LogP contribution is -3.15. The summed E-state index contributed by atoms with van der Waals surface area (Å²) in [7, 11) is 0. The van der Waals surface area contributed by atoms with E-state index in [0.717, 1.165) is 32.7 Å². The molecule has 1 N–H and O–H groups in total. The van der Waals surface area contributed by atoms with Crippen LogP contribution < -0.4 is 4.90 Å². The molecular weight excluding hydrogens is 244 g/mol. The lowest BCUT2D eigenvalue weighted by Gasteiger charge is -2.27. The van der Waals surface area contributed by atoms with Crippen molar-refractivity contribution in [1.82, 2.24) is 4.90 Å². The van der Waals surface area contributed by atoms with Gasteiger partial charge < -0.3 is 9.64 Å². The van der Waals surface area contributed by atoms with Crippen molar-refractivity contribution < 1.29 is 19.2 Å². The summed E-state index contributed by atoms with van der Waals surface area (Å²) in [6.45, 7) is 3.76. The third kappa shape index (κ3) is 1.61. The molecule has 2 saturated heterocycles. The van der Waals surface area contributed by atoms with Crippen LogP contribution in [0, 0.1) is 23.7 Å². The first-order valence-corrected chi connectivity index (χ1v) is 7.20. The molecule has 2 aliphatic carbocycles. The number of allylic oxidation sites excluding steroid dienone is 2. The van der Waals surface area contributed by atoms with Gasteiger partial charge in [0.1, 0.15) is 13.1 Å². The Balaban J connectivity index is 1.52. The number of ether oxygens (including phenoxy) is 1. The largest absolute Gasteiger partial charge is 0.370 e. The number of nitrogens with one attached hydrogen (secondary N) is 1. The summed E-state index contributed by atoms with van der Waals surface area (Å²) in [5, 5.41) is 0. The molecule has 0 aromatic heterocycles. The van der Waals surface area contributed by atoms with Gasteiger partial charge in [0.2, 0.25) is 11.8 Å². The SMILES string of the molecule is O=C1C2C3C=CC(C3)C2C(=O)N1C[NH+]1CCOCC1. The number of quaternary nitrogens is 1. The van der Waals surface area contributed by atoms with Gasteiger partial charge in [0, 0.05) is 0 Å². The Morgan fingerprint density at radius 2 is 1.68 bits per heavy atom. The van der Waals surface area contributed by atoms with Crippen molar-refractivity contribution in [3.63, 3.8) is 0 Å². The molecule has 5 heteroatoms. The van der Waals surface area contributed by atoms with Gasteiger partial charge in [-0.1, -0.05) is 12.2 Å². The number of likely N-dealkylation sites (tertiary alicyclic amines) is 1.